The van der Waals surface area contributed by atoms with Crippen molar-refractivity contribution < 1.29 is 29.1 Å². The van der Waals surface area contributed by atoms with Crippen LogP contribution in [0.4, 0.5) is 5.69 Å². The van der Waals surface area contributed by atoms with Gasteiger partial charge in [0.25, 0.3) is 0 Å². The molecule has 2 aliphatic rings. The molecule has 1 aliphatic heterocycles. The Hall–Kier alpha value is -3.01. The number of benzene rings is 1. The quantitative estimate of drug-likeness (QED) is 0.208. The van der Waals surface area contributed by atoms with Crippen molar-refractivity contribution in [1.29, 1.82) is 0 Å². The van der Waals surface area contributed by atoms with Gasteiger partial charge in [0, 0.05) is 25.2 Å². The van der Waals surface area contributed by atoms with Gasteiger partial charge in [-0.1, -0.05) is 46.5 Å². The van der Waals surface area contributed by atoms with Crippen molar-refractivity contribution in [1.82, 2.24) is 15.3 Å². The van der Waals surface area contributed by atoms with Gasteiger partial charge in [0.05, 0.1) is 32.4 Å². The molecule has 10 heteroatoms. The van der Waals surface area contributed by atoms with Crippen LogP contribution < -0.4 is 20.1 Å². The Kier molecular flexibility index (Phi) is 10.9. The summed E-state index contributed by atoms with van der Waals surface area (Å²) >= 11 is 0. The van der Waals surface area contributed by atoms with Crippen molar-refractivity contribution in [2.75, 3.05) is 39.2 Å². The minimum absolute atomic E-state index is 0.0806. The molecule has 0 aromatic heterocycles. The third kappa shape index (κ3) is 8.49. The number of nitrogens with one attached hydrogen (secondary N) is 2. The molecule has 1 unspecified atom stereocenters. The highest BCUT2D eigenvalue weighted by molar-refractivity contribution is 5.89. The van der Waals surface area contributed by atoms with E-state index in [1.165, 1.54) is 0 Å². The number of nitrogens with zero attached hydrogens (tertiary/aromatic N) is 2. The first-order valence-corrected chi connectivity index (χ1v) is 14.0. The molecular formula is C29H46N4O6. The molecule has 39 heavy (non-hydrogen) atoms. The number of anilines is 1. The number of carbonyl (C=O) groups excluding carboxylic acids is 3. The Balaban J connectivity index is 1.63. The molecule has 2 atom stereocenters. The van der Waals surface area contributed by atoms with E-state index in [9.17, 15) is 19.6 Å². The summed E-state index contributed by atoms with van der Waals surface area (Å²) in [5.41, 5.74) is 0.365. The smallest absolute Gasteiger partial charge is 0.245 e. The van der Waals surface area contributed by atoms with Crippen LogP contribution in [0.5, 0.6) is 11.5 Å². The summed E-state index contributed by atoms with van der Waals surface area (Å²) in [6, 6.07) is 5.10. The van der Waals surface area contributed by atoms with Crippen LogP contribution in [0.25, 0.3) is 0 Å². The van der Waals surface area contributed by atoms with Gasteiger partial charge in [0.2, 0.25) is 18.2 Å². The average Bonchev–Trinajstić information content (AvgIpc) is 3.44. The summed E-state index contributed by atoms with van der Waals surface area (Å²) in [7, 11) is 3.24. The molecule has 3 rings (SSSR count). The van der Waals surface area contributed by atoms with Gasteiger partial charge in [-0.3, -0.25) is 19.6 Å². The first-order valence-electron chi connectivity index (χ1n) is 14.0. The van der Waals surface area contributed by atoms with Gasteiger partial charge in [-0.2, -0.15) is 0 Å². The summed E-state index contributed by atoms with van der Waals surface area (Å²) in [5.74, 6) is 0.838. The summed E-state index contributed by atoms with van der Waals surface area (Å²) in [5, 5.41) is 16.9. The highest BCUT2D eigenvalue weighted by Gasteiger charge is 2.39. The number of methoxy groups -OCH3 is 2. The molecule has 1 saturated heterocycles. The number of hydrogen-bond acceptors (Lipinski definition) is 7. The molecule has 1 heterocycles. The molecule has 3 amide bonds. The number of piperidine rings is 1. The van der Waals surface area contributed by atoms with Crippen LogP contribution >= 0.6 is 0 Å². The van der Waals surface area contributed by atoms with E-state index >= 15 is 0 Å². The summed E-state index contributed by atoms with van der Waals surface area (Å²) in [6.07, 6.45) is 6.79. The topological polar surface area (TPSA) is 120 Å². The predicted octanol–water partition coefficient (Wildman–Crippen LogP) is 3.68. The molecule has 1 aromatic carbocycles. The van der Waals surface area contributed by atoms with Crippen LogP contribution in [-0.4, -0.2) is 79.3 Å². The maximum atomic E-state index is 13.7. The van der Waals surface area contributed by atoms with Crippen LogP contribution in [0.3, 0.4) is 0 Å². The van der Waals surface area contributed by atoms with Crippen LogP contribution in [0.2, 0.25) is 0 Å². The maximum absolute atomic E-state index is 13.7. The van der Waals surface area contributed by atoms with E-state index in [0.29, 0.717) is 42.7 Å². The molecule has 0 radical (unpaired) electrons. The van der Waals surface area contributed by atoms with Crippen LogP contribution in [0.15, 0.2) is 18.2 Å². The van der Waals surface area contributed by atoms with Crippen molar-refractivity contribution >= 4 is 23.9 Å². The number of hydrogen-bond donors (Lipinski definition) is 3. The minimum atomic E-state index is -0.717. The Morgan fingerprint density at radius 1 is 1.13 bits per heavy atom. The molecule has 1 saturated carbocycles. The van der Waals surface area contributed by atoms with Gasteiger partial charge < -0.3 is 25.0 Å². The van der Waals surface area contributed by atoms with Crippen molar-refractivity contribution in [2.24, 2.45) is 17.3 Å². The zero-order chi connectivity index (χ0) is 28.6. The van der Waals surface area contributed by atoms with E-state index in [2.05, 4.69) is 10.6 Å². The van der Waals surface area contributed by atoms with E-state index in [0.717, 1.165) is 50.0 Å². The van der Waals surface area contributed by atoms with E-state index in [1.54, 1.807) is 14.2 Å². The summed E-state index contributed by atoms with van der Waals surface area (Å²) < 4.78 is 10.8. The first-order chi connectivity index (χ1) is 18.5. The lowest BCUT2D eigenvalue weighted by Gasteiger charge is -2.39. The average molecular weight is 547 g/mol. The van der Waals surface area contributed by atoms with E-state index < -0.39 is 17.4 Å². The second-order valence-electron chi connectivity index (χ2n) is 11.9. The second-order valence-corrected chi connectivity index (χ2v) is 11.9. The third-order valence-corrected chi connectivity index (χ3v) is 7.97. The number of hydroxylamine groups is 2. The second kappa shape index (κ2) is 13.9. The van der Waals surface area contributed by atoms with Gasteiger partial charge in [0.15, 0.2) is 0 Å². The van der Waals surface area contributed by atoms with Crippen molar-refractivity contribution in [3.8, 4) is 11.5 Å². The molecular weight excluding hydrogens is 500 g/mol. The van der Waals surface area contributed by atoms with Gasteiger partial charge in [0.1, 0.15) is 17.5 Å². The van der Waals surface area contributed by atoms with Crippen molar-refractivity contribution in [3.05, 3.63) is 18.2 Å². The molecule has 218 valence electrons. The van der Waals surface area contributed by atoms with Crippen LogP contribution in [0.1, 0.15) is 65.7 Å². The lowest BCUT2D eigenvalue weighted by molar-refractivity contribution is -0.156. The van der Waals surface area contributed by atoms with Crippen LogP contribution in [0, 0.1) is 17.3 Å². The van der Waals surface area contributed by atoms with Gasteiger partial charge in [-0.05, 0) is 42.7 Å². The van der Waals surface area contributed by atoms with E-state index in [-0.39, 0.29) is 24.4 Å². The first kappa shape index (κ1) is 30.5. The van der Waals surface area contributed by atoms with Gasteiger partial charge >= 0.3 is 0 Å². The minimum Gasteiger partial charge on any atom is -0.497 e. The fourth-order valence-electron chi connectivity index (χ4n) is 5.65. The monoisotopic (exact) mass is 546 g/mol. The van der Waals surface area contributed by atoms with Crippen molar-refractivity contribution in [2.45, 2.75) is 77.8 Å². The molecule has 3 N–H and O–H groups in total. The number of likely N-dealkylation sites (tertiary alicyclic amines) is 1. The zero-order valence-electron chi connectivity index (χ0n) is 24.1. The Morgan fingerprint density at radius 3 is 2.36 bits per heavy atom. The third-order valence-electron chi connectivity index (χ3n) is 7.97. The Bertz CT molecular complexity index is 967. The molecule has 0 spiro atoms. The maximum Gasteiger partial charge on any atom is 0.245 e. The van der Waals surface area contributed by atoms with Crippen molar-refractivity contribution in [3.63, 3.8) is 0 Å². The van der Waals surface area contributed by atoms with Gasteiger partial charge in [-0.15, -0.1) is 0 Å². The largest absolute Gasteiger partial charge is 0.497 e. The molecule has 0 bridgehead atoms. The molecule has 10 nitrogen and oxygen atoms in total. The van der Waals surface area contributed by atoms with E-state index in [4.69, 9.17) is 9.47 Å². The fourth-order valence-corrected chi connectivity index (χ4v) is 5.65. The number of rotatable bonds is 12. The molecule has 2 fully saturated rings. The SMILES string of the molecule is COc1ccc(NC2CCN(C(=O)[C@@H](NC(=O)C(CC3CCCC3)CN(O)C=O)C(C)(C)C)CC2)c(OC)c1. The highest BCUT2D eigenvalue weighted by atomic mass is 16.5. The predicted molar refractivity (Wildman–Crippen MR) is 149 cm³/mol. The fraction of sp³-hybridized carbons (Fsp3) is 0.690. The van der Waals surface area contributed by atoms with E-state index in [1.807, 2.05) is 43.9 Å². The van der Waals surface area contributed by atoms with Gasteiger partial charge in [-0.25, -0.2) is 5.06 Å². The Morgan fingerprint density at radius 2 is 1.79 bits per heavy atom. The standard InChI is InChI=1S/C29H46N4O6/c1-29(2,3)26(31-27(35)21(18-33(37)19-34)16-20-8-6-7-9-20)28(36)32-14-12-22(13-15-32)30-24-11-10-23(38-4)17-25(24)39-5/h10-11,17,19-22,26,30,37H,6-9,12-16,18H2,1-5H3,(H,31,35)/t21?,26-/m1/s1. The normalized spacial score (nSPS) is 18.3. The lowest BCUT2D eigenvalue weighted by Crippen LogP contribution is -2.58. The Labute approximate surface area is 232 Å². The lowest BCUT2D eigenvalue weighted by atomic mass is 9.84. The van der Waals surface area contributed by atoms with Crippen LogP contribution in [-0.2, 0) is 14.4 Å². The molecule has 1 aliphatic carbocycles. The molecule has 1 aromatic rings. The number of carbonyl (C=O) groups is 3. The summed E-state index contributed by atoms with van der Waals surface area (Å²) in [6.45, 7) is 6.88. The zero-order valence-corrected chi connectivity index (χ0v) is 24.1. The summed E-state index contributed by atoms with van der Waals surface area (Å²) in [4.78, 5) is 40.0. The number of ether oxygens (including phenoxy) is 2. The number of amides is 3. The highest BCUT2D eigenvalue weighted by Crippen LogP contribution is 2.33.